The summed E-state index contributed by atoms with van der Waals surface area (Å²) in [4.78, 5) is 0. The fourth-order valence-electron chi connectivity index (χ4n) is 2.49. The van der Waals surface area contributed by atoms with E-state index >= 15 is 0 Å². The lowest BCUT2D eigenvalue weighted by molar-refractivity contribution is -0.717. The summed E-state index contributed by atoms with van der Waals surface area (Å²) in [5, 5.41) is 0. The van der Waals surface area contributed by atoms with Crippen LogP contribution >= 0.6 is 0 Å². The molecule has 0 saturated carbocycles. The molecule has 0 unspecified atom stereocenters. The summed E-state index contributed by atoms with van der Waals surface area (Å²) >= 11 is 0. The Morgan fingerprint density at radius 3 is 2.74 bits per heavy atom. The molecular formula is C16H12NO2+. The quantitative estimate of drug-likeness (QED) is 0.620. The minimum absolute atomic E-state index is 0.529. The van der Waals surface area contributed by atoms with Crippen LogP contribution < -0.4 is 9.30 Å². The van der Waals surface area contributed by atoms with Gasteiger partial charge >= 0.3 is 0 Å². The molecule has 3 heterocycles. The van der Waals surface area contributed by atoms with Gasteiger partial charge in [0.25, 0.3) is 6.73 Å². The second-order valence-corrected chi connectivity index (χ2v) is 4.49. The summed E-state index contributed by atoms with van der Waals surface area (Å²) in [6.45, 7) is 0.529. The summed E-state index contributed by atoms with van der Waals surface area (Å²) in [5.41, 5.74) is 3.26. The van der Waals surface area contributed by atoms with Crippen molar-refractivity contribution < 1.29 is 13.7 Å². The number of aromatic nitrogens is 1. The van der Waals surface area contributed by atoms with Crippen molar-refractivity contribution in [1.29, 1.82) is 0 Å². The van der Waals surface area contributed by atoms with Gasteiger partial charge < -0.3 is 9.15 Å². The molecule has 0 N–H and O–H groups in total. The number of rotatable bonds is 1. The Kier molecular flexibility index (Phi) is 2.18. The van der Waals surface area contributed by atoms with Gasteiger partial charge in [-0.1, -0.05) is 6.07 Å². The van der Waals surface area contributed by atoms with E-state index in [2.05, 4.69) is 16.7 Å². The van der Waals surface area contributed by atoms with Crippen LogP contribution in [0.5, 0.6) is 5.75 Å². The van der Waals surface area contributed by atoms with Crippen molar-refractivity contribution in [2.45, 2.75) is 6.73 Å². The van der Waals surface area contributed by atoms with E-state index in [1.165, 1.54) is 0 Å². The number of ether oxygens (including phenoxy) is 1. The highest BCUT2D eigenvalue weighted by molar-refractivity contribution is 5.78. The maximum Gasteiger partial charge on any atom is 0.292 e. The van der Waals surface area contributed by atoms with E-state index in [-0.39, 0.29) is 0 Å². The van der Waals surface area contributed by atoms with Crippen molar-refractivity contribution in [2.75, 3.05) is 0 Å². The summed E-state index contributed by atoms with van der Waals surface area (Å²) in [6.07, 6.45) is 3.71. The molecule has 19 heavy (non-hydrogen) atoms. The smallest absolute Gasteiger partial charge is 0.292 e. The van der Waals surface area contributed by atoms with Gasteiger partial charge in [-0.25, -0.2) is 0 Å². The minimum atomic E-state index is 0.529. The summed E-state index contributed by atoms with van der Waals surface area (Å²) in [6, 6.07) is 16.1. The minimum Gasteiger partial charge on any atom is -0.464 e. The number of nitrogens with zero attached hydrogens (tertiary/aromatic N) is 1. The second kappa shape index (κ2) is 3.99. The maximum absolute atomic E-state index is 5.91. The van der Waals surface area contributed by atoms with Gasteiger partial charge in [0.05, 0.1) is 17.4 Å². The number of hydrogen-bond donors (Lipinski definition) is 0. The SMILES string of the molecule is c1coc(-c2cccc3c2OC[n+]2ccccc2-3)c1. The van der Waals surface area contributed by atoms with E-state index in [1.54, 1.807) is 6.26 Å². The lowest BCUT2D eigenvalue weighted by Crippen LogP contribution is -2.41. The maximum atomic E-state index is 5.91. The van der Waals surface area contributed by atoms with E-state index in [1.807, 2.05) is 42.6 Å². The molecule has 0 atom stereocenters. The van der Waals surface area contributed by atoms with Crippen LogP contribution in [0.25, 0.3) is 22.6 Å². The van der Waals surface area contributed by atoms with Crippen molar-refractivity contribution in [1.82, 2.24) is 0 Å². The second-order valence-electron chi connectivity index (χ2n) is 4.49. The van der Waals surface area contributed by atoms with Crippen molar-refractivity contribution in [2.24, 2.45) is 0 Å². The van der Waals surface area contributed by atoms with E-state index in [4.69, 9.17) is 9.15 Å². The van der Waals surface area contributed by atoms with Gasteiger partial charge in [0.2, 0.25) is 5.69 Å². The fourth-order valence-corrected chi connectivity index (χ4v) is 2.49. The molecule has 0 fully saturated rings. The van der Waals surface area contributed by atoms with Gasteiger partial charge in [0, 0.05) is 12.1 Å². The number of benzene rings is 1. The van der Waals surface area contributed by atoms with Crippen molar-refractivity contribution >= 4 is 0 Å². The average Bonchev–Trinajstić information content (AvgIpc) is 3.00. The summed E-state index contributed by atoms with van der Waals surface area (Å²) < 4.78 is 13.5. The largest absolute Gasteiger partial charge is 0.464 e. The van der Waals surface area contributed by atoms with Gasteiger partial charge in [-0.2, -0.15) is 4.57 Å². The average molecular weight is 250 g/mol. The first-order valence-corrected chi connectivity index (χ1v) is 6.22. The number of fused-ring (bicyclic) bond motifs is 3. The van der Waals surface area contributed by atoms with Gasteiger partial charge in [0.1, 0.15) is 5.76 Å². The first kappa shape index (κ1) is 10.4. The molecule has 3 heteroatoms. The van der Waals surface area contributed by atoms with E-state index in [9.17, 15) is 0 Å². The molecule has 1 aromatic carbocycles. The van der Waals surface area contributed by atoms with Crippen LogP contribution in [0.3, 0.4) is 0 Å². The molecule has 3 aromatic rings. The first-order chi connectivity index (χ1) is 9.43. The summed E-state index contributed by atoms with van der Waals surface area (Å²) in [5.74, 6) is 1.73. The molecular weight excluding hydrogens is 238 g/mol. The van der Waals surface area contributed by atoms with Crippen LogP contribution in [0.15, 0.2) is 65.4 Å². The Hall–Kier alpha value is -2.55. The molecule has 0 spiro atoms. The van der Waals surface area contributed by atoms with Gasteiger partial charge in [-0.15, -0.1) is 0 Å². The Morgan fingerprint density at radius 2 is 1.84 bits per heavy atom. The predicted octanol–water partition coefficient (Wildman–Crippen LogP) is 3.25. The highest BCUT2D eigenvalue weighted by Gasteiger charge is 2.26. The number of para-hydroxylation sites is 1. The Balaban J connectivity index is 1.97. The standard InChI is InChI=1S/C16H12NO2/c1-2-9-17-11-19-16-12(14(17)7-1)5-3-6-13(16)15-8-4-10-18-15/h1-10H,11H2/q+1. The molecule has 0 saturated heterocycles. The molecule has 2 aromatic heterocycles. The van der Waals surface area contributed by atoms with Gasteiger partial charge in [-0.3, -0.25) is 0 Å². The molecule has 92 valence electrons. The zero-order chi connectivity index (χ0) is 12.7. The van der Waals surface area contributed by atoms with Gasteiger partial charge in [-0.05, 0) is 30.3 Å². The summed E-state index contributed by atoms with van der Waals surface area (Å²) in [7, 11) is 0. The van der Waals surface area contributed by atoms with E-state index < -0.39 is 0 Å². The van der Waals surface area contributed by atoms with E-state index in [0.29, 0.717) is 6.73 Å². The van der Waals surface area contributed by atoms with Crippen LogP contribution in [0.4, 0.5) is 0 Å². The predicted molar refractivity (Wildman–Crippen MR) is 70.4 cm³/mol. The monoisotopic (exact) mass is 250 g/mol. The molecule has 1 aliphatic rings. The van der Waals surface area contributed by atoms with Crippen LogP contribution in [-0.4, -0.2) is 0 Å². The molecule has 4 rings (SSSR count). The number of hydrogen-bond acceptors (Lipinski definition) is 2. The highest BCUT2D eigenvalue weighted by atomic mass is 16.5. The zero-order valence-corrected chi connectivity index (χ0v) is 10.2. The number of pyridine rings is 1. The Bertz CT molecular complexity index is 732. The van der Waals surface area contributed by atoms with Crippen LogP contribution in [0, 0.1) is 0 Å². The Morgan fingerprint density at radius 1 is 0.895 bits per heavy atom. The van der Waals surface area contributed by atoms with Crippen molar-refractivity contribution in [3.8, 4) is 28.3 Å². The molecule has 0 radical (unpaired) electrons. The first-order valence-electron chi connectivity index (χ1n) is 6.22. The van der Waals surface area contributed by atoms with Crippen molar-refractivity contribution in [3.63, 3.8) is 0 Å². The normalized spacial score (nSPS) is 12.4. The lowest BCUT2D eigenvalue weighted by atomic mass is 10.0. The number of furan rings is 1. The molecule has 0 amide bonds. The topological polar surface area (TPSA) is 26.2 Å². The van der Waals surface area contributed by atoms with Crippen molar-refractivity contribution in [3.05, 3.63) is 61.0 Å². The van der Waals surface area contributed by atoms with Crippen LogP contribution in [-0.2, 0) is 6.73 Å². The van der Waals surface area contributed by atoms with Gasteiger partial charge in [0.15, 0.2) is 11.9 Å². The van der Waals surface area contributed by atoms with Crippen LogP contribution in [0.1, 0.15) is 0 Å². The Labute approximate surface area is 110 Å². The third-order valence-electron chi connectivity index (χ3n) is 3.37. The molecule has 1 aliphatic heterocycles. The third kappa shape index (κ3) is 1.55. The fraction of sp³-hybridized carbons (Fsp3) is 0.0625. The lowest BCUT2D eigenvalue weighted by Gasteiger charge is -2.17. The molecule has 0 aliphatic carbocycles. The molecule has 3 nitrogen and oxygen atoms in total. The van der Waals surface area contributed by atoms with Crippen LogP contribution in [0.2, 0.25) is 0 Å². The third-order valence-corrected chi connectivity index (χ3v) is 3.37. The highest BCUT2D eigenvalue weighted by Crippen LogP contribution is 2.39. The molecule has 0 bridgehead atoms. The van der Waals surface area contributed by atoms with E-state index in [0.717, 1.165) is 28.3 Å². The zero-order valence-electron chi connectivity index (χ0n) is 10.2.